The van der Waals surface area contributed by atoms with Crippen molar-refractivity contribution in [3.63, 3.8) is 0 Å². The van der Waals surface area contributed by atoms with Crippen LogP contribution in [0.1, 0.15) is 51.2 Å². The summed E-state index contributed by atoms with van der Waals surface area (Å²) in [6.07, 6.45) is 3.73. The summed E-state index contributed by atoms with van der Waals surface area (Å²) in [5.74, 6) is 0.632. The Morgan fingerprint density at radius 2 is 1.89 bits per heavy atom. The third kappa shape index (κ3) is 5.63. The fourth-order valence-corrected chi connectivity index (χ4v) is 2.05. The molecule has 1 aromatic rings. The van der Waals surface area contributed by atoms with Crippen LogP contribution in [0.2, 0.25) is 0 Å². The molecule has 0 aliphatic rings. The molecule has 18 heavy (non-hydrogen) atoms. The first kappa shape index (κ1) is 15.2. The molecular weight excluding hydrogens is 225 g/mol. The van der Waals surface area contributed by atoms with E-state index < -0.39 is 0 Å². The number of hydrogen-bond acceptors (Lipinski definition) is 1. The summed E-state index contributed by atoms with van der Waals surface area (Å²) >= 11 is 0. The van der Waals surface area contributed by atoms with Crippen molar-refractivity contribution in [3.05, 3.63) is 35.1 Å². The van der Waals surface area contributed by atoms with Gasteiger partial charge in [0.25, 0.3) is 0 Å². The second-order valence-corrected chi connectivity index (χ2v) is 5.68. The molecule has 0 bridgehead atoms. The molecule has 0 fully saturated rings. The molecular formula is C16H26FN. The van der Waals surface area contributed by atoms with Gasteiger partial charge in [0.15, 0.2) is 0 Å². The van der Waals surface area contributed by atoms with Crippen LogP contribution in [0.25, 0.3) is 0 Å². The van der Waals surface area contributed by atoms with E-state index in [1.54, 1.807) is 6.07 Å². The Bertz CT molecular complexity index is 360. The number of nitrogens with one attached hydrogen (secondary N) is 1. The minimum Gasteiger partial charge on any atom is -0.310 e. The second kappa shape index (κ2) is 7.52. The van der Waals surface area contributed by atoms with E-state index in [-0.39, 0.29) is 5.82 Å². The molecule has 1 nitrogen and oxygen atoms in total. The van der Waals surface area contributed by atoms with Crippen molar-refractivity contribution in [2.75, 3.05) is 0 Å². The minimum absolute atomic E-state index is 0.148. The van der Waals surface area contributed by atoms with Gasteiger partial charge in [-0.15, -0.1) is 0 Å². The topological polar surface area (TPSA) is 12.0 Å². The van der Waals surface area contributed by atoms with Gasteiger partial charge in [0.1, 0.15) is 5.82 Å². The zero-order valence-corrected chi connectivity index (χ0v) is 12.1. The summed E-state index contributed by atoms with van der Waals surface area (Å²) in [4.78, 5) is 0. The minimum atomic E-state index is -0.148. The van der Waals surface area contributed by atoms with Crippen molar-refractivity contribution in [2.45, 2.75) is 59.5 Å². The number of hydrogen-bond donors (Lipinski definition) is 1. The maximum Gasteiger partial charge on any atom is 0.123 e. The first-order chi connectivity index (χ1) is 8.49. The van der Waals surface area contributed by atoms with Crippen LogP contribution in [0.5, 0.6) is 0 Å². The molecule has 102 valence electrons. The molecule has 0 aliphatic heterocycles. The van der Waals surface area contributed by atoms with Crippen LogP contribution >= 0.6 is 0 Å². The van der Waals surface area contributed by atoms with Gasteiger partial charge in [0, 0.05) is 12.6 Å². The SMILES string of the molecule is Cc1ccc(F)cc1CNC(C)CCCC(C)C. The molecule has 2 heteroatoms. The summed E-state index contributed by atoms with van der Waals surface area (Å²) in [6, 6.07) is 5.48. The number of rotatable bonds is 7. The van der Waals surface area contributed by atoms with Crippen LogP contribution < -0.4 is 5.32 Å². The highest BCUT2D eigenvalue weighted by Gasteiger charge is 2.05. The van der Waals surface area contributed by atoms with Gasteiger partial charge in [-0.25, -0.2) is 4.39 Å². The van der Waals surface area contributed by atoms with Crippen molar-refractivity contribution in [1.82, 2.24) is 5.32 Å². The lowest BCUT2D eigenvalue weighted by Crippen LogP contribution is -2.25. The summed E-state index contributed by atoms with van der Waals surface area (Å²) in [5, 5.41) is 3.47. The van der Waals surface area contributed by atoms with Crippen molar-refractivity contribution in [3.8, 4) is 0 Å². The van der Waals surface area contributed by atoms with Crippen LogP contribution in [0, 0.1) is 18.7 Å². The Morgan fingerprint density at radius 3 is 2.56 bits per heavy atom. The van der Waals surface area contributed by atoms with Gasteiger partial charge in [-0.05, 0) is 49.4 Å². The number of halogens is 1. The van der Waals surface area contributed by atoms with Crippen molar-refractivity contribution in [1.29, 1.82) is 0 Å². The van der Waals surface area contributed by atoms with Gasteiger partial charge in [-0.3, -0.25) is 0 Å². The van der Waals surface area contributed by atoms with E-state index in [2.05, 4.69) is 26.1 Å². The Hall–Kier alpha value is -0.890. The van der Waals surface area contributed by atoms with E-state index in [0.717, 1.165) is 23.6 Å². The van der Waals surface area contributed by atoms with Crippen LogP contribution in [0.15, 0.2) is 18.2 Å². The first-order valence-electron chi connectivity index (χ1n) is 6.97. The lowest BCUT2D eigenvalue weighted by atomic mass is 10.0. The van der Waals surface area contributed by atoms with E-state index in [1.165, 1.54) is 25.3 Å². The molecule has 1 rings (SSSR count). The lowest BCUT2D eigenvalue weighted by Gasteiger charge is -2.15. The van der Waals surface area contributed by atoms with Gasteiger partial charge < -0.3 is 5.32 Å². The fraction of sp³-hybridized carbons (Fsp3) is 0.625. The third-order valence-corrected chi connectivity index (χ3v) is 3.37. The standard InChI is InChI=1S/C16H26FN/c1-12(2)6-5-7-14(4)18-11-15-10-16(17)9-8-13(15)3/h8-10,12,14,18H,5-7,11H2,1-4H3. The average molecular weight is 251 g/mol. The largest absolute Gasteiger partial charge is 0.310 e. The van der Waals surface area contributed by atoms with Gasteiger partial charge in [0.05, 0.1) is 0 Å². The molecule has 0 aromatic heterocycles. The molecule has 0 amide bonds. The predicted molar refractivity (Wildman–Crippen MR) is 76.1 cm³/mol. The number of aryl methyl sites for hydroxylation is 1. The van der Waals surface area contributed by atoms with Crippen LogP contribution in [0.3, 0.4) is 0 Å². The van der Waals surface area contributed by atoms with Crippen molar-refractivity contribution >= 4 is 0 Å². The van der Waals surface area contributed by atoms with Crippen LogP contribution in [0.4, 0.5) is 4.39 Å². The molecule has 0 heterocycles. The maximum absolute atomic E-state index is 13.1. The Morgan fingerprint density at radius 1 is 1.17 bits per heavy atom. The van der Waals surface area contributed by atoms with Gasteiger partial charge >= 0.3 is 0 Å². The Kier molecular flexibility index (Phi) is 6.34. The normalized spacial score (nSPS) is 13.0. The highest BCUT2D eigenvalue weighted by atomic mass is 19.1. The smallest absolute Gasteiger partial charge is 0.123 e. The number of benzene rings is 1. The monoisotopic (exact) mass is 251 g/mol. The van der Waals surface area contributed by atoms with E-state index in [1.807, 2.05) is 13.0 Å². The van der Waals surface area contributed by atoms with Gasteiger partial charge in [0.2, 0.25) is 0 Å². The van der Waals surface area contributed by atoms with E-state index in [0.29, 0.717) is 6.04 Å². The fourth-order valence-electron chi connectivity index (χ4n) is 2.05. The lowest BCUT2D eigenvalue weighted by molar-refractivity contribution is 0.456. The maximum atomic E-state index is 13.1. The molecule has 1 N–H and O–H groups in total. The highest BCUT2D eigenvalue weighted by Crippen LogP contribution is 2.12. The molecule has 0 aliphatic carbocycles. The predicted octanol–water partition coefficient (Wildman–Crippen LogP) is 4.44. The Labute approximate surface area is 111 Å². The molecule has 1 atom stereocenters. The quantitative estimate of drug-likeness (QED) is 0.755. The zero-order chi connectivity index (χ0) is 13.5. The summed E-state index contributed by atoms with van der Waals surface area (Å²) < 4.78 is 13.1. The summed E-state index contributed by atoms with van der Waals surface area (Å²) in [6.45, 7) is 9.50. The molecule has 1 unspecified atom stereocenters. The highest BCUT2D eigenvalue weighted by molar-refractivity contribution is 5.26. The van der Waals surface area contributed by atoms with Crippen LogP contribution in [-0.2, 0) is 6.54 Å². The van der Waals surface area contributed by atoms with E-state index >= 15 is 0 Å². The summed E-state index contributed by atoms with van der Waals surface area (Å²) in [5.41, 5.74) is 2.21. The molecule has 0 saturated heterocycles. The second-order valence-electron chi connectivity index (χ2n) is 5.68. The van der Waals surface area contributed by atoms with Crippen molar-refractivity contribution < 1.29 is 4.39 Å². The van der Waals surface area contributed by atoms with Crippen LogP contribution in [-0.4, -0.2) is 6.04 Å². The first-order valence-corrected chi connectivity index (χ1v) is 6.97. The van der Waals surface area contributed by atoms with Gasteiger partial charge in [-0.2, -0.15) is 0 Å². The third-order valence-electron chi connectivity index (χ3n) is 3.37. The van der Waals surface area contributed by atoms with E-state index in [4.69, 9.17) is 0 Å². The van der Waals surface area contributed by atoms with Gasteiger partial charge in [-0.1, -0.05) is 32.8 Å². The molecule has 0 saturated carbocycles. The molecule has 0 radical (unpaired) electrons. The van der Waals surface area contributed by atoms with E-state index in [9.17, 15) is 4.39 Å². The Balaban J connectivity index is 2.33. The van der Waals surface area contributed by atoms with Crippen molar-refractivity contribution in [2.24, 2.45) is 5.92 Å². The molecule has 1 aromatic carbocycles. The zero-order valence-electron chi connectivity index (χ0n) is 12.1. The average Bonchev–Trinajstić information content (AvgIpc) is 2.30. The summed E-state index contributed by atoms with van der Waals surface area (Å²) in [7, 11) is 0. The molecule has 0 spiro atoms.